The van der Waals surface area contributed by atoms with Crippen LogP contribution in [0.2, 0.25) is 0 Å². The molecule has 0 radical (unpaired) electrons. The summed E-state index contributed by atoms with van der Waals surface area (Å²) in [6, 6.07) is 17.0. The zero-order chi connectivity index (χ0) is 18.1. The summed E-state index contributed by atoms with van der Waals surface area (Å²) < 4.78 is 5.59. The summed E-state index contributed by atoms with van der Waals surface area (Å²) in [7, 11) is 0. The predicted octanol–water partition coefficient (Wildman–Crippen LogP) is 3.71. The number of para-hydroxylation sites is 2. The van der Waals surface area contributed by atoms with Gasteiger partial charge in [0.1, 0.15) is 6.61 Å². The molecule has 4 rings (SSSR count). The molecule has 26 heavy (non-hydrogen) atoms. The Kier molecular flexibility index (Phi) is 4.13. The Morgan fingerprint density at radius 3 is 2.85 bits per heavy atom. The van der Waals surface area contributed by atoms with Crippen molar-refractivity contribution in [2.24, 2.45) is 0 Å². The molecule has 2 heterocycles. The molecule has 1 atom stereocenters. The Bertz CT molecular complexity index is 1010. The molecule has 1 aliphatic heterocycles. The molecule has 0 fully saturated rings. The number of aromatic nitrogens is 1. The number of pyridine rings is 1. The van der Waals surface area contributed by atoms with Crippen molar-refractivity contribution in [1.29, 1.82) is 0 Å². The van der Waals surface area contributed by atoms with Gasteiger partial charge in [0.15, 0.2) is 0 Å². The van der Waals surface area contributed by atoms with Crippen LogP contribution in [0.4, 0.5) is 5.69 Å². The first kappa shape index (κ1) is 16.3. The molecule has 3 aromatic rings. The van der Waals surface area contributed by atoms with Crippen LogP contribution >= 0.6 is 0 Å². The summed E-state index contributed by atoms with van der Waals surface area (Å²) in [5.41, 5.74) is 4.14. The largest absolute Gasteiger partial charge is 0.460 e. The van der Waals surface area contributed by atoms with Crippen molar-refractivity contribution in [2.75, 3.05) is 5.32 Å². The Labute approximate surface area is 151 Å². The van der Waals surface area contributed by atoms with Crippen LogP contribution in [0.3, 0.4) is 0 Å². The van der Waals surface area contributed by atoms with E-state index in [4.69, 9.17) is 4.74 Å². The number of esters is 1. The van der Waals surface area contributed by atoms with Crippen molar-refractivity contribution in [1.82, 2.24) is 4.98 Å². The molecule has 1 aromatic heterocycles. The number of hydrogen-bond donors (Lipinski definition) is 1. The van der Waals surface area contributed by atoms with E-state index in [0.29, 0.717) is 5.69 Å². The van der Waals surface area contributed by atoms with Crippen LogP contribution in [0.5, 0.6) is 0 Å². The van der Waals surface area contributed by atoms with E-state index in [1.54, 1.807) is 6.07 Å². The highest BCUT2D eigenvalue weighted by molar-refractivity contribution is 6.00. The smallest absolute Gasteiger partial charge is 0.314 e. The first-order chi connectivity index (χ1) is 12.6. The van der Waals surface area contributed by atoms with Gasteiger partial charge in [0.2, 0.25) is 5.91 Å². The quantitative estimate of drug-likeness (QED) is 0.734. The normalized spacial score (nSPS) is 16.0. The monoisotopic (exact) mass is 346 g/mol. The second-order valence-electron chi connectivity index (χ2n) is 6.44. The fraction of sp³-hybridized carbons (Fsp3) is 0.190. The van der Waals surface area contributed by atoms with Gasteiger partial charge in [0.05, 0.1) is 11.4 Å². The van der Waals surface area contributed by atoms with Crippen molar-refractivity contribution in [3.05, 3.63) is 71.4 Å². The average molecular weight is 346 g/mol. The fourth-order valence-electron chi connectivity index (χ4n) is 3.39. The zero-order valence-corrected chi connectivity index (χ0v) is 14.4. The third-order valence-electron chi connectivity index (χ3n) is 4.58. The van der Waals surface area contributed by atoms with E-state index in [0.717, 1.165) is 27.7 Å². The van der Waals surface area contributed by atoms with Gasteiger partial charge in [0, 0.05) is 28.8 Å². The van der Waals surface area contributed by atoms with E-state index in [9.17, 15) is 9.59 Å². The average Bonchev–Trinajstić information content (AvgIpc) is 2.65. The molecule has 130 valence electrons. The minimum atomic E-state index is -0.575. The van der Waals surface area contributed by atoms with Crippen LogP contribution in [0.25, 0.3) is 10.9 Å². The summed E-state index contributed by atoms with van der Waals surface area (Å²) in [6.07, 6.45) is 0.103. The minimum Gasteiger partial charge on any atom is -0.460 e. The summed E-state index contributed by atoms with van der Waals surface area (Å²) >= 11 is 0. The molecule has 0 bridgehead atoms. The van der Waals surface area contributed by atoms with Crippen molar-refractivity contribution in [2.45, 2.75) is 25.9 Å². The van der Waals surface area contributed by atoms with Crippen molar-refractivity contribution < 1.29 is 14.3 Å². The molecular weight excluding hydrogens is 328 g/mol. The first-order valence-corrected chi connectivity index (χ1v) is 8.52. The van der Waals surface area contributed by atoms with Crippen molar-refractivity contribution in [3.8, 4) is 0 Å². The number of nitrogens with zero attached hydrogens (tertiary/aromatic N) is 1. The second kappa shape index (κ2) is 6.59. The summed E-state index contributed by atoms with van der Waals surface area (Å²) in [4.78, 5) is 29.1. The highest BCUT2D eigenvalue weighted by Gasteiger charge is 2.31. The Morgan fingerprint density at radius 1 is 1.19 bits per heavy atom. The predicted molar refractivity (Wildman–Crippen MR) is 98.7 cm³/mol. The van der Waals surface area contributed by atoms with Gasteiger partial charge in [0.25, 0.3) is 0 Å². The highest BCUT2D eigenvalue weighted by Crippen LogP contribution is 2.33. The van der Waals surface area contributed by atoms with E-state index in [-0.39, 0.29) is 24.9 Å². The zero-order valence-electron chi connectivity index (χ0n) is 14.4. The second-order valence-corrected chi connectivity index (χ2v) is 6.44. The molecule has 1 unspecified atom stereocenters. The number of aryl methyl sites for hydroxylation is 1. The summed E-state index contributed by atoms with van der Waals surface area (Å²) in [5, 5.41) is 3.76. The van der Waals surface area contributed by atoms with E-state index in [1.165, 1.54) is 0 Å². The number of ether oxygens (including phenoxy) is 1. The summed E-state index contributed by atoms with van der Waals surface area (Å²) in [5.74, 6) is -1.13. The molecule has 1 N–H and O–H groups in total. The third-order valence-corrected chi connectivity index (χ3v) is 4.58. The van der Waals surface area contributed by atoms with Gasteiger partial charge in [-0.1, -0.05) is 36.4 Å². The molecular formula is C21H18N2O3. The number of fused-ring (bicyclic) bond motifs is 2. The summed E-state index contributed by atoms with van der Waals surface area (Å²) in [6.45, 7) is 2.07. The van der Waals surface area contributed by atoms with Crippen LogP contribution < -0.4 is 5.32 Å². The minimum absolute atomic E-state index is 0.103. The molecule has 1 amide bonds. The van der Waals surface area contributed by atoms with Crippen LogP contribution in [-0.2, 0) is 20.9 Å². The lowest BCUT2D eigenvalue weighted by molar-refractivity contribution is -0.148. The number of amides is 1. The first-order valence-electron chi connectivity index (χ1n) is 8.52. The molecule has 5 nitrogen and oxygen atoms in total. The van der Waals surface area contributed by atoms with Gasteiger partial charge >= 0.3 is 5.97 Å². The Balaban J connectivity index is 1.58. The molecule has 5 heteroatoms. The molecule has 0 saturated heterocycles. The van der Waals surface area contributed by atoms with Gasteiger partial charge in [-0.3, -0.25) is 14.6 Å². The maximum atomic E-state index is 12.7. The van der Waals surface area contributed by atoms with Gasteiger partial charge in [-0.25, -0.2) is 0 Å². The molecule has 0 spiro atoms. The number of rotatable bonds is 3. The number of carbonyl (C=O) groups is 2. The van der Waals surface area contributed by atoms with Gasteiger partial charge in [-0.15, -0.1) is 0 Å². The number of benzene rings is 2. The van der Waals surface area contributed by atoms with Crippen LogP contribution in [0, 0.1) is 6.92 Å². The number of hydrogen-bond acceptors (Lipinski definition) is 4. The lowest BCUT2D eigenvalue weighted by Crippen LogP contribution is -2.28. The third kappa shape index (κ3) is 3.04. The van der Waals surface area contributed by atoms with Crippen LogP contribution in [0.1, 0.15) is 29.2 Å². The van der Waals surface area contributed by atoms with E-state index in [1.807, 2.05) is 55.5 Å². The SMILES string of the molecule is Cc1cc(COC(=O)C2CC(=O)Nc3ccccc32)c2ccccc2n1. The van der Waals surface area contributed by atoms with Crippen molar-refractivity contribution in [3.63, 3.8) is 0 Å². The van der Waals surface area contributed by atoms with Crippen LogP contribution in [-0.4, -0.2) is 16.9 Å². The fourth-order valence-corrected chi connectivity index (χ4v) is 3.39. The molecule has 1 aliphatic rings. The molecule has 0 aliphatic carbocycles. The number of nitrogens with one attached hydrogen (secondary N) is 1. The molecule has 2 aromatic carbocycles. The topological polar surface area (TPSA) is 68.3 Å². The molecule has 0 saturated carbocycles. The van der Waals surface area contributed by atoms with Crippen LogP contribution in [0.15, 0.2) is 54.6 Å². The Hall–Kier alpha value is -3.21. The van der Waals surface area contributed by atoms with E-state index < -0.39 is 5.92 Å². The maximum Gasteiger partial charge on any atom is 0.314 e. The number of carbonyl (C=O) groups excluding carboxylic acids is 2. The van der Waals surface area contributed by atoms with Crippen molar-refractivity contribution >= 4 is 28.5 Å². The maximum absolute atomic E-state index is 12.7. The number of anilines is 1. The highest BCUT2D eigenvalue weighted by atomic mass is 16.5. The van der Waals surface area contributed by atoms with Gasteiger partial charge in [-0.2, -0.15) is 0 Å². The van der Waals surface area contributed by atoms with E-state index in [2.05, 4.69) is 10.3 Å². The van der Waals surface area contributed by atoms with Gasteiger partial charge < -0.3 is 10.1 Å². The Morgan fingerprint density at radius 2 is 1.96 bits per heavy atom. The van der Waals surface area contributed by atoms with E-state index >= 15 is 0 Å². The lowest BCUT2D eigenvalue weighted by atomic mass is 9.91. The lowest BCUT2D eigenvalue weighted by Gasteiger charge is -2.24. The standard InChI is InChI=1S/C21H18N2O3/c1-13-10-14(15-6-2-4-8-18(15)22-13)12-26-21(25)17-11-20(24)23-19-9-5-3-7-16(17)19/h2-10,17H,11-12H2,1H3,(H,23,24). The van der Waals surface area contributed by atoms with Gasteiger partial charge in [-0.05, 0) is 30.7 Å².